The van der Waals surface area contributed by atoms with E-state index in [1.165, 1.54) is 82.0 Å². The number of benzene rings is 11. The summed E-state index contributed by atoms with van der Waals surface area (Å²) in [5.41, 5.74) is 13.1. The van der Waals surface area contributed by atoms with Crippen LogP contribution in [-0.2, 0) is 0 Å². The minimum absolute atomic E-state index is 0.827. The molecule has 0 aliphatic rings. The Balaban J connectivity index is 1.05. The van der Waals surface area contributed by atoms with Crippen molar-refractivity contribution in [3.05, 3.63) is 206 Å². The smallest absolute Gasteiger partial charge is 0.139 e. The third-order valence-corrected chi connectivity index (χ3v) is 12.7. The highest BCUT2D eigenvalue weighted by atomic mass is 16.3. The van der Waals surface area contributed by atoms with Crippen LogP contribution in [0.1, 0.15) is 0 Å². The minimum atomic E-state index is 0.827. The van der Waals surface area contributed by atoms with Gasteiger partial charge < -0.3 is 8.83 Å². The first kappa shape index (κ1) is 33.1. The maximum atomic E-state index is 6.75. The predicted octanol–water partition coefficient (Wildman–Crippen LogP) is 16.8. The fourth-order valence-electron chi connectivity index (χ4n) is 10.0. The number of fused-ring (bicyclic) bond motifs is 11. The number of rotatable bonds is 4. The molecule has 0 aliphatic heterocycles. The molecule has 0 atom stereocenters. The fourth-order valence-corrected chi connectivity index (χ4v) is 10.0. The van der Waals surface area contributed by atoms with E-state index in [-0.39, 0.29) is 0 Å². The number of hydrogen-bond acceptors (Lipinski definition) is 2. The number of hydrogen-bond donors (Lipinski definition) is 0. The van der Waals surface area contributed by atoms with Crippen LogP contribution in [0.2, 0.25) is 0 Å². The summed E-state index contributed by atoms with van der Waals surface area (Å²) < 4.78 is 13.0. The van der Waals surface area contributed by atoms with Crippen molar-refractivity contribution in [1.29, 1.82) is 0 Å². The zero-order valence-corrected chi connectivity index (χ0v) is 32.4. The molecule has 0 N–H and O–H groups in total. The Morgan fingerprint density at radius 2 is 0.717 bits per heavy atom. The van der Waals surface area contributed by atoms with Crippen LogP contribution in [0.4, 0.5) is 0 Å². The SMILES string of the molecule is c1ccc(-c2cccc(-c3c4ccccc4c(-c4ccc(-c5cc6oc7cc8oc9ccccc9c8cc7c6c6ccccc56)c5ccccc45)c4ccccc34)c2)cc1. The second-order valence-corrected chi connectivity index (χ2v) is 15.9. The second kappa shape index (κ2) is 12.8. The van der Waals surface area contributed by atoms with Crippen LogP contribution in [-0.4, -0.2) is 0 Å². The van der Waals surface area contributed by atoms with Gasteiger partial charge in [-0.2, -0.15) is 0 Å². The Hall–Kier alpha value is -7.94. The first-order valence-corrected chi connectivity index (χ1v) is 20.6. The summed E-state index contributed by atoms with van der Waals surface area (Å²) in [7, 11) is 0. The summed E-state index contributed by atoms with van der Waals surface area (Å²) in [4.78, 5) is 0. The van der Waals surface area contributed by atoms with E-state index in [0.29, 0.717) is 0 Å². The zero-order valence-electron chi connectivity index (χ0n) is 32.4. The monoisotopic (exact) mass is 762 g/mol. The molecule has 2 heteroatoms. The van der Waals surface area contributed by atoms with Crippen LogP contribution in [0, 0.1) is 0 Å². The number of para-hydroxylation sites is 1. The summed E-state index contributed by atoms with van der Waals surface area (Å²) in [6.45, 7) is 0. The van der Waals surface area contributed by atoms with Crippen LogP contribution >= 0.6 is 0 Å². The lowest BCUT2D eigenvalue weighted by Gasteiger charge is -2.20. The third-order valence-electron chi connectivity index (χ3n) is 12.7. The minimum Gasteiger partial charge on any atom is -0.456 e. The van der Waals surface area contributed by atoms with E-state index in [9.17, 15) is 0 Å². The van der Waals surface area contributed by atoms with Crippen molar-refractivity contribution in [2.24, 2.45) is 0 Å². The van der Waals surface area contributed by atoms with Gasteiger partial charge in [0.2, 0.25) is 0 Å². The summed E-state index contributed by atoms with van der Waals surface area (Å²) in [5.74, 6) is 0. The van der Waals surface area contributed by atoms with Crippen molar-refractivity contribution in [3.63, 3.8) is 0 Å². The first-order chi connectivity index (χ1) is 29.8. The molecule has 0 bridgehead atoms. The molecule has 278 valence electrons. The molecule has 0 spiro atoms. The van der Waals surface area contributed by atoms with Gasteiger partial charge in [0.05, 0.1) is 0 Å². The maximum Gasteiger partial charge on any atom is 0.139 e. The van der Waals surface area contributed by atoms with Crippen molar-refractivity contribution < 1.29 is 8.83 Å². The second-order valence-electron chi connectivity index (χ2n) is 15.9. The van der Waals surface area contributed by atoms with Crippen molar-refractivity contribution in [2.75, 3.05) is 0 Å². The first-order valence-electron chi connectivity index (χ1n) is 20.6. The Labute approximate surface area is 345 Å². The molecule has 11 aromatic carbocycles. The van der Waals surface area contributed by atoms with E-state index in [1.807, 2.05) is 12.1 Å². The summed E-state index contributed by atoms with van der Waals surface area (Å²) in [5, 5.41) is 14.2. The molecule has 0 fully saturated rings. The third kappa shape index (κ3) is 4.82. The Kier molecular flexibility index (Phi) is 7.05. The zero-order chi connectivity index (χ0) is 39.3. The average Bonchev–Trinajstić information content (AvgIpc) is 3.87. The van der Waals surface area contributed by atoms with Crippen LogP contribution < -0.4 is 0 Å². The summed E-state index contributed by atoms with van der Waals surface area (Å²) in [6.07, 6.45) is 0. The molecule has 2 heterocycles. The largest absolute Gasteiger partial charge is 0.456 e. The van der Waals surface area contributed by atoms with Gasteiger partial charge in [-0.25, -0.2) is 0 Å². The van der Waals surface area contributed by atoms with E-state index in [1.54, 1.807) is 0 Å². The predicted molar refractivity (Wildman–Crippen MR) is 253 cm³/mol. The maximum absolute atomic E-state index is 6.75. The molecular formula is C58H34O2. The molecule has 0 radical (unpaired) electrons. The molecule has 0 unspecified atom stereocenters. The molecule has 0 saturated heterocycles. The Bertz CT molecular complexity index is 3830. The molecular weight excluding hydrogens is 729 g/mol. The standard InChI is InChI=1S/C58H34O2/c1-2-15-35(16-3-1)36-17-14-18-37(31-36)56-44-24-8-10-26-46(44)57(47-27-11-9-25-45(47)56)48-30-29-41(38-19-4-5-20-39(38)48)49-33-55-58(43-23-7-6-21-40(43)49)51-32-50-42-22-12-13-28-52(42)59-53(50)34-54(51)60-55/h1-34H. The highest BCUT2D eigenvalue weighted by molar-refractivity contribution is 6.27. The van der Waals surface area contributed by atoms with E-state index >= 15 is 0 Å². The van der Waals surface area contributed by atoms with Gasteiger partial charge in [0.15, 0.2) is 0 Å². The Morgan fingerprint density at radius 3 is 1.43 bits per heavy atom. The van der Waals surface area contributed by atoms with Gasteiger partial charge >= 0.3 is 0 Å². The molecule has 60 heavy (non-hydrogen) atoms. The van der Waals surface area contributed by atoms with Crippen LogP contribution in [0.3, 0.4) is 0 Å². The van der Waals surface area contributed by atoms with E-state index in [0.717, 1.165) is 49.4 Å². The molecule has 13 aromatic rings. The van der Waals surface area contributed by atoms with Gasteiger partial charge in [-0.05, 0) is 112 Å². The molecule has 0 amide bonds. The lowest BCUT2D eigenvalue weighted by Crippen LogP contribution is -1.93. The van der Waals surface area contributed by atoms with Crippen molar-refractivity contribution in [2.45, 2.75) is 0 Å². The van der Waals surface area contributed by atoms with Gasteiger partial charge in [-0.3, -0.25) is 0 Å². The highest BCUT2D eigenvalue weighted by Gasteiger charge is 2.22. The van der Waals surface area contributed by atoms with Gasteiger partial charge in [0, 0.05) is 27.6 Å². The lowest BCUT2D eigenvalue weighted by atomic mass is 9.83. The van der Waals surface area contributed by atoms with Crippen molar-refractivity contribution in [1.82, 2.24) is 0 Å². The quantitative estimate of drug-likeness (QED) is 0.167. The van der Waals surface area contributed by atoms with E-state index in [2.05, 4.69) is 194 Å². The average molecular weight is 763 g/mol. The fraction of sp³-hybridized carbons (Fsp3) is 0. The lowest BCUT2D eigenvalue weighted by molar-refractivity contribution is 0.656. The topological polar surface area (TPSA) is 26.3 Å². The Morgan fingerprint density at radius 1 is 0.217 bits per heavy atom. The molecule has 0 saturated carbocycles. The molecule has 2 aromatic heterocycles. The molecule has 0 aliphatic carbocycles. The van der Waals surface area contributed by atoms with Gasteiger partial charge in [0.1, 0.15) is 22.3 Å². The van der Waals surface area contributed by atoms with Gasteiger partial charge in [-0.15, -0.1) is 0 Å². The van der Waals surface area contributed by atoms with Gasteiger partial charge in [0.25, 0.3) is 0 Å². The highest BCUT2D eigenvalue weighted by Crippen LogP contribution is 2.49. The molecule has 13 rings (SSSR count). The van der Waals surface area contributed by atoms with Gasteiger partial charge in [-0.1, -0.05) is 176 Å². The molecule has 2 nitrogen and oxygen atoms in total. The van der Waals surface area contributed by atoms with Crippen LogP contribution in [0.15, 0.2) is 215 Å². The summed E-state index contributed by atoms with van der Waals surface area (Å²) in [6, 6.07) is 74.7. The van der Waals surface area contributed by atoms with E-state index < -0.39 is 0 Å². The van der Waals surface area contributed by atoms with Crippen molar-refractivity contribution >= 4 is 87.0 Å². The van der Waals surface area contributed by atoms with Crippen molar-refractivity contribution in [3.8, 4) is 44.5 Å². The van der Waals surface area contributed by atoms with Crippen LogP contribution in [0.25, 0.3) is 131 Å². The number of furan rings is 2. The summed E-state index contributed by atoms with van der Waals surface area (Å²) >= 11 is 0. The van der Waals surface area contributed by atoms with Crippen LogP contribution in [0.5, 0.6) is 0 Å². The normalized spacial score (nSPS) is 12.0. The van der Waals surface area contributed by atoms with E-state index in [4.69, 9.17) is 8.83 Å².